The van der Waals surface area contributed by atoms with E-state index in [4.69, 9.17) is 5.26 Å². The van der Waals surface area contributed by atoms with Gasteiger partial charge in [-0.25, -0.2) is 0 Å². The molecule has 11 heavy (non-hydrogen) atoms. The molecule has 1 heterocycles. The van der Waals surface area contributed by atoms with Gasteiger partial charge in [0.05, 0.1) is 11.4 Å². The van der Waals surface area contributed by atoms with Crippen molar-refractivity contribution in [3.05, 3.63) is 24.0 Å². The molecule has 4 heteroatoms. The lowest BCUT2D eigenvalue weighted by Crippen LogP contribution is -2.01. The normalized spacial score (nSPS) is 9.00. The Hall–Kier alpha value is -1.21. The molecule has 0 aliphatic heterocycles. The van der Waals surface area contributed by atoms with Crippen LogP contribution in [0.2, 0.25) is 0 Å². The number of Topliss-reactive ketones (excluding diaryl/α,β-unsaturated/α-hetero) is 1. The minimum absolute atomic E-state index is 0.0402. The first-order valence-electron chi connectivity index (χ1n) is 3.02. The van der Waals surface area contributed by atoms with Gasteiger partial charge in [0.1, 0.15) is 5.40 Å². The van der Waals surface area contributed by atoms with Crippen molar-refractivity contribution in [3.63, 3.8) is 0 Å². The molecule has 0 atom stereocenters. The van der Waals surface area contributed by atoms with E-state index in [1.54, 1.807) is 18.3 Å². The number of carbonyl (C=O) groups excluding carboxylic acids is 1. The number of nitrogens with one attached hydrogen (secondary N) is 1. The van der Waals surface area contributed by atoms with Crippen molar-refractivity contribution in [2.45, 2.75) is 0 Å². The molecule has 1 N–H and O–H groups in total. The molecule has 0 radical (unpaired) electrons. The summed E-state index contributed by atoms with van der Waals surface area (Å²) in [6.45, 7) is 0. The highest BCUT2D eigenvalue weighted by Crippen LogP contribution is 2.02. The van der Waals surface area contributed by atoms with E-state index in [0.29, 0.717) is 5.69 Å². The summed E-state index contributed by atoms with van der Waals surface area (Å²) in [5, 5.41) is 10.0. The first-order chi connectivity index (χ1) is 5.34. The van der Waals surface area contributed by atoms with Crippen LogP contribution >= 0.6 is 11.8 Å². The predicted octanol–water partition coefficient (Wildman–Crippen LogP) is 1.41. The van der Waals surface area contributed by atoms with E-state index in [2.05, 4.69) is 4.98 Å². The summed E-state index contributed by atoms with van der Waals surface area (Å²) < 4.78 is 0. The van der Waals surface area contributed by atoms with Gasteiger partial charge in [-0.2, -0.15) is 5.26 Å². The summed E-state index contributed by atoms with van der Waals surface area (Å²) in [4.78, 5) is 13.8. The van der Waals surface area contributed by atoms with Gasteiger partial charge in [0.2, 0.25) is 0 Å². The zero-order valence-electron chi connectivity index (χ0n) is 5.70. The number of nitriles is 1. The molecule has 0 aromatic carbocycles. The Balaban J connectivity index is 2.51. The van der Waals surface area contributed by atoms with Gasteiger partial charge >= 0.3 is 0 Å². The van der Waals surface area contributed by atoms with E-state index in [1.807, 2.05) is 5.40 Å². The largest absolute Gasteiger partial charge is 0.359 e. The van der Waals surface area contributed by atoms with Crippen LogP contribution in [-0.2, 0) is 0 Å². The number of hydrogen-bond acceptors (Lipinski definition) is 3. The van der Waals surface area contributed by atoms with Crippen molar-refractivity contribution < 1.29 is 4.79 Å². The third kappa shape index (κ3) is 2.13. The number of aromatic nitrogens is 1. The molecule has 1 rings (SSSR count). The number of H-pyrrole nitrogens is 1. The summed E-state index contributed by atoms with van der Waals surface area (Å²) >= 11 is 0.950. The van der Waals surface area contributed by atoms with Crippen molar-refractivity contribution in [2.75, 3.05) is 5.75 Å². The summed E-state index contributed by atoms with van der Waals surface area (Å²) in [7, 11) is 0. The average Bonchev–Trinajstić information content (AvgIpc) is 2.52. The van der Waals surface area contributed by atoms with Crippen LogP contribution in [0, 0.1) is 10.7 Å². The van der Waals surface area contributed by atoms with Crippen LogP contribution in [0.4, 0.5) is 0 Å². The summed E-state index contributed by atoms with van der Waals surface area (Å²) in [5.41, 5.74) is 0.563. The Morgan fingerprint density at radius 3 is 3.18 bits per heavy atom. The lowest BCUT2D eigenvalue weighted by Gasteiger charge is -1.90. The quantitative estimate of drug-likeness (QED) is 0.545. The van der Waals surface area contributed by atoms with Gasteiger partial charge in [-0.1, -0.05) is 0 Å². The maximum atomic E-state index is 11.1. The molecule has 56 valence electrons. The van der Waals surface area contributed by atoms with Crippen LogP contribution < -0.4 is 0 Å². The number of nitrogens with zero attached hydrogens (tertiary/aromatic N) is 1. The van der Waals surface area contributed by atoms with Gasteiger partial charge in [0, 0.05) is 6.20 Å². The lowest BCUT2D eigenvalue weighted by atomic mass is 10.3. The Morgan fingerprint density at radius 2 is 2.64 bits per heavy atom. The minimum atomic E-state index is -0.0402. The number of hydrogen-bond donors (Lipinski definition) is 1. The number of ketones is 1. The second kappa shape index (κ2) is 3.84. The van der Waals surface area contributed by atoms with Gasteiger partial charge < -0.3 is 4.98 Å². The molecule has 0 spiro atoms. The second-order valence-electron chi connectivity index (χ2n) is 1.89. The molecule has 3 nitrogen and oxygen atoms in total. The van der Waals surface area contributed by atoms with E-state index in [9.17, 15) is 4.79 Å². The molecule has 1 aromatic rings. The maximum absolute atomic E-state index is 11.1. The molecule has 1 aromatic heterocycles. The third-order valence-electron chi connectivity index (χ3n) is 1.17. The van der Waals surface area contributed by atoms with Crippen molar-refractivity contribution in [2.24, 2.45) is 0 Å². The molecule has 0 aliphatic rings. The van der Waals surface area contributed by atoms with Crippen LogP contribution in [0.5, 0.6) is 0 Å². The molecular formula is C7H6N2OS. The van der Waals surface area contributed by atoms with Crippen molar-refractivity contribution in [3.8, 4) is 5.40 Å². The fourth-order valence-corrected chi connectivity index (χ4v) is 1.03. The smallest absolute Gasteiger partial charge is 0.189 e. The van der Waals surface area contributed by atoms with E-state index in [0.717, 1.165) is 11.8 Å². The summed E-state index contributed by atoms with van der Waals surface area (Å²) in [6.07, 6.45) is 1.68. The fraction of sp³-hybridized carbons (Fsp3) is 0.143. The lowest BCUT2D eigenvalue weighted by molar-refractivity contribution is 0.101. The first kappa shape index (κ1) is 7.89. The molecule has 0 aliphatic carbocycles. The van der Waals surface area contributed by atoms with E-state index in [1.165, 1.54) is 0 Å². The standard InChI is InChI=1S/C7H6N2OS/c8-5-11-4-7(10)6-2-1-3-9-6/h1-3,9H,4H2. The molecule has 0 amide bonds. The number of carbonyl (C=O) groups is 1. The van der Waals surface area contributed by atoms with E-state index >= 15 is 0 Å². The highest BCUT2D eigenvalue weighted by Gasteiger charge is 2.04. The molecule has 0 saturated heterocycles. The van der Waals surface area contributed by atoms with Crippen LogP contribution in [0.15, 0.2) is 18.3 Å². The maximum Gasteiger partial charge on any atom is 0.189 e. The summed E-state index contributed by atoms with van der Waals surface area (Å²) in [5.74, 6) is 0.179. The topological polar surface area (TPSA) is 56.6 Å². The number of thioether (sulfide) groups is 1. The van der Waals surface area contributed by atoms with Gasteiger partial charge in [0.25, 0.3) is 0 Å². The molecule has 0 bridgehead atoms. The molecule has 0 saturated carbocycles. The first-order valence-corrected chi connectivity index (χ1v) is 4.00. The Labute approximate surface area is 68.4 Å². The third-order valence-corrected chi connectivity index (χ3v) is 1.70. The zero-order chi connectivity index (χ0) is 8.10. The highest BCUT2D eigenvalue weighted by molar-refractivity contribution is 8.04. The Morgan fingerprint density at radius 1 is 1.82 bits per heavy atom. The van der Waals surface area contributed by atoms with Gasteiger partial charge in [-0.3, -0.25) is 4.79 Å². The minimum Gasteiger partial charge on any atom is -0.359 e. The second-order valence-corrected chi connectivity index (χ2v) is 2.65. The Bertz CT molecular complexity index is 273. The molecule has 0 fully saturated rings. The van der Waals surface area contributed by atoms with Crippen LogP contribution in [0.1, 0.15) is 10.5 Å². The number of rotatable bonds is 3. The van der Waals surface area contributed by atoms with Crippen LogP contribution in [0.3, 0.4) is 0 Å². The zero-order valence-corrected chi connectivity index (χ0v) is 6.52. The van der Waals surface area contributed by atoms with Crippen molar-refractivity contribution >= 4 is 17.5 Å². The monoisotopic (exact) mass is 166 g/mol. The fourth-order valence-electron chi connectivity index (χ4n) is 0.679. The summed E-state index contributed by atoms with van der Waals surface area (Å²) in [6, 6.07) is 3.45. The van der Waals surface area contributed by atoms with E-state index in [-0.39, 0.29) is 11.5 Å². The Kier molecular flexibility index (Phi) is 2.75. The SMILES string of the molecule is N#CSCC(=O)c1ccc[nH]1. The van der Waals surface area contributed by atoms with Crippen LogP contribution in [-0.4, -0.2) is 16.5 Å². The average molecular weight is 166 g/mol. The highest BCUT2D eigenvalue weighted by atomic mass is 32.2. The van der Waals surface area contributed by atoms with Gasteiger partial charge in [-0.05, 0) is 23.9 Å². The van der Waals surface area contributed by atoms with Crippen LogP contribution in [0.25, 0.3) is 0 Å². The molecular weight excluding hydrogens is 160 g/mol. The van der Waals surface area contributed by atoms with Gasteiger partial charge in [0.15, 0.2) is 5.78 Å². The number of thiocyanates is 1. The molecule has 0 unspecified atom stereocenters. The van der Waals surface area contributed by atoms with Gasteiger partial charge in [-0.15, -0.1) is 0 Å². The number of aromatic amines is 1. The van der Waals surface area contributed by atoms with E-state index < -0.39 is 0 Å². The van der Waals surface area contributed by atoms with Crippen molar-refractivity contribution in [1.29, 1.82) is 5.26 Å². The predicted molar refractivity (Wildman–Crippen MR) is 43.2 cm³/mol. The van der Waals surface area contributed by atoms with Crippen molar-refractivity contribution in [1.82, 2.24) is 4.98 Å².